The van der Waals surface area contributed by atoms with Crippen molar-refractivity contribution in [2.75, 3.05) is 27.2 Å². The highest BCUT2D eigenvalue weighted by Gasteiger charge is 2.34. The van der Waals surface area contributed by atoms with Crippen LogP contribution in [-0.4, -0.2) is 38.2 Å². The first-order valence-electron chi connectivity index (χ1n) is 7.46. The fourth-order valence-electron chi connectivity index (χ4n) is 3.24. The van der Waals surface area contributed by atoms with Crippen LogP contribution in [0.5, 0.6) is 5.75 Å². The van der Waals surface area contributed by atoms with E-state index >= 15 is 0 Å². The predicted octanol–water partition coefficient (Wildman–Crippen LogP) is 3.09. The van der Waals surface area contributed by atoms with Gasteiger partial charge in [-0.15, -0.1) is 0 Å². The molecule has 2 fully saturated rings. The number of nitrogens with zero attached hydrogens (tertiary/aromatic N) is 1. The van der Waals surface area contributed by atoms with Gasteiger partial charge in [0.1, 0.15) is 5.75 Å². The largest absolute Gasteiger partial charge is 0.495 e. The molecule has 1 aliphatic heterocycles. The normalized spacial score (nSPS) is 26.9. The maximum absolute atomic E-state index is 6.28. The molecule has 2 atom stereocenters. The fourth-order valence-corrected chi connectivity index (χ4v) is 3.50. The summed E-state index contributed by atoms with van der Waals surface area (Å²) in [5.41, 5.74) is 1.30. The van der Waals surface area contributed by atoms with E-state index < -0.39 is 0 Å². The number of nitrogens with one attached hydrogen (secondary N) is 1. The molecule has 4 heteroatoms. The van der Waals surface area contributed by atoms with Gasteiger partial charge in [0, 0.05) is 18.6 Å². The first-order chi connectivity index (χ1) is 9.69. The molecule has 0 spiro atoms. The van der Waals surface area contributed by atoms with Gasteiger partial charge in [-0.25, -0.2) is 0 Å². The second-order valence-electron chi connectivity index (χ2n) is 6.05. The van der Waals surface area contributed by atoms with Gasteiger partial charge >= 0.3 is 0 Å². The first kappa shape index (κ1) is 14.2. The summed E-state index contributed by atoms with van der Waals surface area (Å²) in [6.45, 7) is 2.27. The molecule has 110 valence electrons. The van der Waals surface area contributed by atoms with E-state index in [0.29, 0.717) is 17.0 Å². The number of methoxy groups -OCH3 is 1. The van der Waals surface area contributed by atoms with Crippen LogP contribution < -0.4 is 10.1 Å². The highest BCUT2D eigenvalue weighted by molar-refractivity contribution is 6.32. The van der Waals surface area contributed by atoms with E-state index in [9.17, 15) is 0 Å². The van der Waals surface area contributed by atoms with Crippen LogP contribution >= 0.6 is 11.6 Å². The Morgan fingerprint density at radius 1 is 1.35 bits per heavy atom. The highest BCUT2D eigenvalue weighted by Crippen LogP contribution is 2.38. The number of hydrogen-bond donors (Lipinski definition) is 1. The van der Waals surface area contributed by atoms with Crippen LogP contribution in [0.3, 0.4) is 0 Å². The molecule has 1 aliphatic carbocycles. The van der Waals surface area contributed by atoms with E-state index in [1.54, 1.807) is 7.11 Å². The Bertz CT molecular complexity index is 476. The molecule has 0 bridgehead atoms. The maximum Gasteiger partial charge on any atom is 0.137 e. The van der Waals surface area contributed by atoms with Crippen molar-refractivity contribution in [2.24, 2.45) is 5.92 Å². The Hall–Kier alpha value is -0.770. The molecule has 0 radical (unpaired) electrons. The van der Waals surface area contributed by atoms with Crippen LogP contribution in [0.4, 0.5) is 0 Å². The lowest BCUT2D eigenvalue weighted by Gasteiger charge is -2.26. The van der Waals surface area contributed by atoms with E-state index in [4.69, 9.17) is 16.3 Å². The molecule has 20 heavy (non-hydrogen) atoms. The van der Waals surface area contributed by atoms with Gasteiger partial charge < -0.3 is 10.1 Å². The minimum Gasteiger partial charge on any atom is -0.495 e. The van der Waals surface area contributed by atoms with Crippen molar-refractivity contribution >= 4 is 11.6 Å². The molecule has 3 rings (SSSR count). The number of halogens is 1. The summed E-state index contributed by atoms with van der Waals surface area (Å²) in [7, 11) is 3.87. The monoisotopic (exact) mass is 294 g/mol. The average Bonchev–Trinajstić information content (AvgIpc) is 3.19. The topological polar surface area (TPSA) is 24.5 Å². The summed E-state index contributed by atoms with van der Waals surface area (Å²) in [5, 5.41) is 4.38. The Balaban J connectivity index is 1.75. The Morgan fingerprint density at radius 2 is 2.15 bits per heavy atom. The van der Waals surface area contributed by atoms with Crippen molar-refractivity contribution in [1.29, 1.82) is 0 Å². The van der Waals surface area contributed by atoms with Crippen LogP contribution in [0.25, 0.3) is 0 Å². The molecule has 0 amide bonds. The molecule has 1 heterocycles. The number of hydrogen-bond acceptors (Lipinski definition) is 3. The number of benzene rings is 1. The standard InChI is InChI=1S/C16H23ClN2O/c1-19-8-7-12(10-18-13-4-5-13)16(19)11-3-6-15(20-2)14(17)9-11/h3,6,9,12-13,16,18H,4-5,7-8,10H2,1-2H3. The van der Waals surface area contributed by atoms with Gasteiger partial charge in [0.05, 0.1) is 12.1 Å². The lowest BCUT2D eigenvalue weighted by atomic mass is 9.93. The second-order valence-corrected chi connectivity index (χ2v) is 6.46. The third-order valence-electron chi connectivity index (χ3n) is 4.54. The van der Waals surface area contributed by atoms with Crippen molar-refractivity contribution in [2.45, 2.75) is 31.3 Å². The first-order valence-corrected chi connectivity index (χ1v) is 7.84. The van der Waals surface area contributed by atoms with Gasteiger partial charge in [0.15, 0.2) is 0 Å². The van der Waals surface area contributed by atoms with Crippen molar-refractivity contribution in [1.82, 2.24) is 10.2 Å². The third kappa shape index (κ3) is 2.95. The predicted molar refractivity (Wildman–Crippen MR) is 82.5 cm³/mol. The van der Waals surface area contributed by atoms with Gasteiger partial charge in [0.2, 0.25) is 0 Å². The van der Waals surface area contributed by atoms with Crippen molar-refractivity contribution in [3.63, 3.8) is 0 Å². The molecule has 1 saturated carbocycles. The van der Waals surface area contributed by atoms with Crippen molar-refractivity contribution in [3.8, 4) is 5.75 Å². The minimum atomic E-state index is 0.463. The van der Waals surface area contributed by atoms with Crippen molar-refractivity contribution in [3.05, 3.63) is 28.8 Å². The zero-order valence-corrected chi connectivity index (χ0v) is 13.0. The smallest absolute Gasteiger partial charge is 0.137 e. The van der Waals surface area contributed by atoms with Gasteiger partial charge in [-0.05, 0) is 56.5 Å². The molecular weight excluding hydrogens is 272 g/mol. The van der Waals surface area contributed by atoms with E-state index in [-0.39, 0.29) is 0 Å². The van der Waals surface area contributed by atoms with Crippen LogP contribution in [-0.2, 0) is 0 Å². The van der Waals surface area contributed by atoms with Gasteiger partial charge in [-0.3, -0.25) is 4.90 Å². The molecule has 2 unspecified atom stereocenters. The maximum atomic E-state index is 6.28. The number of likely N-dealkylation sites (tertiary alicyclic amines) is 1. The molecule has 1 N–H and O–H groups in total. The molecule has 2 aliphatic rings. The summed E-state index contributed by atoms with van der Waals surface area (Å²) < 4.78 is 5.25. The van der Waals surface area contributed by atoms with E-state index in [1.165, 1.54) is 24.8 Å². The van der Waals surface area contributed by atoms with Crippen LogP contribution in [0.15, 0.2) is 18.2 Å². The average molecular weight is 295 g/mol. The Labute approximate surface area is 126 Å². The summed E-state index contributed by atoms with van der Waals surface area (Å²) in [4.78, 5) is 2.44. The number of rotatable bonds is 5. The minimum absolute atomic E-state index is 0.463. The SMILES string of the molecule is COc1ccc(C2C(CNC3CC3)CCN2C)cc1Cl. The summed E-state index contributed by atoms with van der Waals surface area (Å²) in [6, 6.07) is 7.44. The van der Waals surface area contributed by atoms with E-state index in [0.717, 1.165) is 24.9 Å². The van der Waals surface area contributed by atoms with Gasteiger partial charge in [-0.1, -0.05) is 17.7 Å². The third-order valence-corrected chi connectivity index (χ3v) is 4.83. The van der Waals surface area contributed by atoms with Crippen molar-refractivity contribution < 1.29 is 4.74 Å². The number of ether oxygens (including phenoxy) is 1. The summed E-state index contributed by atoms with van der Waals surface area (Å²) in [6.07, 6.45) is 3.95. The van der Waals surface area contributed by atoms with Crippen LogP contribution in [0, 0.1) is 5.92 Å². The molecule has 1 saturated heterocycles. The van der Waals surface area contributed by atoms with Gasteiger partial charge in [-0.2, -0.15) is 0 Å². The summed E-state index contributed by atoms with van der Waals surface area (Å²) >= 11 is 6.28. The van der Waals surface area contributed by atoms with E-state index in [1.807, 2.05) is 6.07 Å². The highest BCUT2D eigenvalue weighted by atomic mass is 35.5. The lowest BCUT2D eigenvalue weighted by Crippen LogP contribution is -2.29. The second kappa shape index (κ2) is 5.92. The fraction of sp³-hybridized carbons (Fsp3) is 0.625. The molecular formula is C16H23ClN2O. The van der Waals surface area contributed by atoms with Crippen LogP contribution in [0.2, 0.25) is 5.02 Å². The molecule has 1 aromatic rings. The summed E-state index contributed by atoms with van der Waals surface area (Å²) in [5.74, 6) is 1.42. The zero-order chi connectivity index (χ0) is 14.1. The van der Waals surface area contributed by atoms with E-state index in [2.05, 4.69) is 29.4 Å². The van der Waals surface area contributed by atoms with Gasteiger partial charge in [0.25, 0.3) is 0 Å². The Kier molecular flexibility index (Phi) is 4.20. The Morgan fingerprint density at radius 3 is 2.80 bits per heavy atom. The quantitative estimate of drug-likeness (QED) is 0.903. The zero-order valence-electron chi connectivity index (χ0n) is 12.2. The molecule has 0 aromatic heterocycles. The molecule has 3 nitrogen and oxygen atoms in total. The lowest BCUT2D eigenvalue weighted by molar-refractivity contribution is 0.271. The molecule has 1 aromatic carbocycles. The van der Waals surface area contributed by atoms with Crippen LogP contribution in [0.1, 0.15) is 30.9 Å².